The molecule has 0 bridgehead atoms. The van der Waals surface area contributed by atoms with E-state index in [9.17, 15) is 9.59 Å². The molecule has 0 radical (unpaired) electrons. The summed E-state index contributed by atoms with van der Waals surface area (Å²) in [4.78, 5) is 38.2. The summed E-state index contributed by atoms with van der Waals surface area (Å²) in [6.07, 6.45) is 1.52. The Kier molecular flexibility index (Phi) is 5.48. The Balaban J connectivity index is 1.33. The summed E-state index contributed by atoms with van der Waals surface area (Å²) in [6, 6.07) is 10.7. The Labute approximate surface area is 195 Å². The van der Waals surface area contributed by atoms with Gasteiger partial charge in [-0.05, 0) is 32.0 Å². The summed E-state index contributed by atoms with van der Waals surface area (Å²) in [5.74, 6) is 1.57. The fraction of sp³-hybridized carbons (Fsp3) is 0.292. The first-order valence-electron chi connectivity index (χ1n) is 11.0. The van der Waals surface area contributed by atoms with Gasteiger partial charge in [-0.2, -0.15) is 5.10 Å². The molecular weight excluding hydrogens is 436 g/mol. The Morgan fingerprint density at radius 2 is 1.79 bits per heavy atom. The number of hydrogen-bond donors (Lipinski definition) is 0. The minimum Gasteiger partial charge on any atom is -0.493 e. The number of methoxy groups -OCH3 is 1. The number of ether oxygens (including phenoxy) is 1. The van der Waals surface area contributed by atoms with Crippen LogP contribution in [0, 0.1) is 13.8 Å². The van der Waals surface area contributed by atoms with Gasteiger partial charge in [0.05, 0.1) is 12.8 Å². The monoisotopic (exact) mass is 460 g/mol. The summed E-state index contributed by atoms with van der Waals surface area (Å²) in [7, 11) is 1.51. The molecule has 5 rings (SSSR count). The highest BCUT2D eigenvalue weighted by molar-refractivity contribution is 5.97. The van der Waals surface area contributed by atoms with E-state index in [-0.39, 0.29) is 11.5 Å². The number of carbonyl (C=O) groups excluding carboxylic acids is 1. The molecule has 10 nitrogen and oxygen atoms in total. The van der Waals surface area contributed by atoms with Crippen LogP contribution in [-0.4, -0.2) is 63.8 Å². The molecule has 1 aliphatic heterocycles. The molecule has 34 heavy (non-hydrogen) atoms. The van der Waals surface area contributed by atoms with Crippen molar-refractivity contribution in [3.63, 3.8) is 0 Å². The van der Waals surface area contributed by atoms with Gasteiger partial charge in [0.1, 0.15) is 17.7 Å². The third kappa shape index (κ3) is 3.87. The molecule has 0 aliphatic carbocycles. The van der Waals surface area contributed by atoms with Crippen molar-refractivity contribution in [3.8, 4) is 11.6 Å². The molecule has 0 unspecified atom stereocenters. The van der Waals surface area contributed by atoms with E-state index in [0.717, 1.165) is 17.2 Å². The second-order valence-corrected chi connectivity index (χ2v) is 8.18. The van der Waals surface area contributed by atoms with E-state index in [4.69, 9.17) is 9.15 Å². The average Bonchev–Trinajstić information content (AvgIpc) is 3.20. The fourth-order valence-corrected chi connectivity index (χ4v) is 4.22. The molecule has 174 valence electrons. The summed E-state index contributed by atoms with van der Waals surface area (Å²) >= 11 is 0. The van der Waals surface area contributed by atoms with E-state index in [1.807, 2.05) is 26.0 Å². The van der Waals surface area contributed by atoms with E-state index in [1.54, 1.807) is 33.8 Å². The molecule has 0 N–H and O–H groups in total. The maximum absolute atomic E-state index is 13.1. The lowest BCUT2D eigenvalue weighted by Gasteiger charge is -2.35. The van der Waals surface area contributed by atoms with Gasteiger partial charge in [-0.15, -0.1) is 0 Å². The lowest BCUT2D eigenvalue weighted by molar-refractivity contribution is 0.0742. The molecule has 10 heteroatoms. The predicted molar refractivity (Wildman–Crippen MR) is 126 cm³/mol. The summed E-state index contributed by atoms with van der Waals surface area (Å²) < 4.78 is 12.5. The Morgan fingerprint density at radius 1 is 1.03 bits per heavy atom. The standard InChI is InChI=1S/C24H24N6O4/c1-15-11-16(2)30(27-15)21-13-20(25-14-26-21)28-7-9-29(10-8-28)23(31)18-12-17-5-4-6-19(33-3)22(17)34-24(18)32/h4-6,11-14H,7-10H2,1-3H3. The lowest BCUT2D eigenvalue weighted by atomic mass is 10.1. The quantitative estimate of drug-likeness (QED) is 0.427. The van der Waals surface area contributed by atoms with Crippen molar-refractivity contribution < 1.29 is 13.9 Å². The molecule has 3 aromatic heterocycles. The van der Waals surface area contributed by atoms with Crippen molar-refractivity contribution in [1.29, 1.82) is 0 Å². The number of amides is 1. The minimum absolute atomic E-state index is 0.0167. The number of carbonyl (C=O) groups is 1. The van der Waals surface area contributed by atoms with Crippen LogP contribution < -0.4 is 15.3 Å². The topological polar surface area (TPSA) is 107 Å². The molecule has 4 heterocycles. The van der Waals surface area contributed by atoms with E-state index >= 15 is 0 Å². The number of rotatable bonds is 4. The van der Waals surface area contributed by atoms with Gasteiger partial charge in [-0.3, -0.25) is 4.79 Å². The van der Waals surface area contributed by atoms with Crippen molar-refractivity contribution in [1.82, 2.24) is 24.6 Å². The molecule has 0 atom stereocenters. The lowest BCUT2D eigenvalue weighted by Crippen LogP contribution is -2.49. The van der Waals surface area contributed by atoms with Crippen LogP contribution in [0.5, 0.6) is 5.75 Å². The highest BCUT2D eigenvalue weighted by atomic mass is 16.5. The molecule has 1 fully saturated rings. The molecular formula is C24H24N6O4. The summed E-state index contributed by atoms with van der Waals surface area (Å²) in [5, 5.41) is 5.12. The largest absolute Gasteiger partial charge is 0.493 e. The molecule has 1 saturated heterocycles. The first-order valence-corrected chi connectivity index (χ1v) is 11.0. The number of benzene rings is 1. The maximum atomic E-state index is 13.1. The zero-order valence-electron chi connectivity index (χ0n) is 19.2. The van der Waals surface area contributed by atoms with Gasteiger partial charge < -0.3 is 19.0 Å². The first kappa shape index (κ1) is 21.6. The van der Waals surface area contributed by atoms with Crippen LogP contribution in [0.25, 0.3) is 16.8 Å². The van der Waals surface area contributed by atoms with E-state index in [2.05, 4.69) is 20.0 Å². The molecule has 1 aliphatic rings. The van der Waals surface area contributed by atoms with E-state index < -0.39 is 5.63 Å². The highest BCUT2D eigenvalue weighted by Gasteiger charge is 2.26. The van der Waals surface area contributed by atoms with Crippen LogP contribution in [0.15, 0.2) is 51.9 Å². The van der Waals surface area contributed by atoms with Gasteiger partial charge in [0.25, 0.3) is 5.91 Å². The van der Waals surface area contributed by atoms with Crippen LogP contribution in [0.1, 0.15) is 21.7 Å². The molecule has 1 amide bonds. The number of aromatic nitrogens is 4. The van der Waals surface area contributed by atoms with Crippen LogP contribution in [-0.2, 0) is 0 Å². The van der Waals surface area contributed by atoms with Gasteiger partial charge in [-0.25, -0.2) is 19.4 Å². The van der Waals surface area contributed by atoms with Crippen LogP contribution >= 0.6 is 0 Å². The van der Waals surface area contributed by atoms with Crippen molar-refractivity contribution in [2.75, 3.05) is 38.2 Å². The Bertz CT molecular complexity index is 1440. The SMILES string of the molecule is COc1cccc2cc(C(=O)N3CCN(c4cc(-n5nc(C)cc5C)ncn4)CC3)c(=O)oc12. The predicted octanol–water partition coefficient (Wildman–Crippen LogP) is 2.36. The number of aryl methyl sites for hydroxylation is 2. The second-order valence-electron chi connectivity index (χ2n) is 8.18. The molecule has 1 aromatic carbocycles. The first-order chi connectivity index (χ1) is 16.4. The third-order valence-electron chi connectivity index (χ3n) is 5.93. The summed E-state index contributed by atoms with van der Waals surface area (Å²) in [5.41, 5.74) is 1.59. The van der Waals surface area contributed by atoms with Gasteiger partial charge in [0.2, 0.25) is 0 Å². The third-order valence-corrected chi connectivity index (χ3v) is 5.93. The number of nitrogens with zero attached hydrogens (tertiary/aromatic N) is 6. The van der Waals surface area contributed by atoms with E-state index in [1.165, 1.54) is 13.4 Å². The number of fused-ring (bicyclic) bond motifs is 1. The zero-order chi connectivity index (χ0) is 23.8. The second kappa shape index (κ2) is 8.62. The van der Waals surface area contributed by atoms with Crippen molar-refractivity contribution in [3.05, 3.63) is 70.1 Å². The van der Waals surface area contributed by atoms with Crippen molar-refractivity contribution >= 4 is 22.7 Å². The molecule has 0 spiro atoms. The molecule has 4 aromatic rings. The van der Waals surface area contributed by atoms with Crippen LogP contribution in [0.3, 0.4) is 0 Å². The van der Waals surface area contributed by atoms with Crippen molar-refractivity contribution in [2.24, 2.45) is 0 Å². The van der Waals surface area contributed by atoms with Gasteiger partial charge in [-0.1, -0.05) is 12.1 Å². The minimum atomic E-state index is -0.672. The van der Waals surface area contributed by atoms with Crippen LogP contribution in [0.2, 0.25) is 0 Å². The fourth-order valence-electron chi connectivity index (χ4n) is 4.22. The Hall–Kier alpha value is -4.21. The number of para-hydroxylation sites is 1. The smallest absolute Gasteiger partial charge is 0.349 e. The van der Waals surface area contributed by atoms with Gasteiger partial charge in [0, 0.05) is 43.3 Å². The Morgan fingerprint density at radius 3 is 2.50 bits per heavy atom. The number of piperazine rings is 1. The van der Waals surface area contributed by atoms with Gasteiger partial charge >= 0.3 is 5.63 Å². The highest BCUT2D eigenvalue weighted by Crippen LogP contribution is 2.25. The molecule has 0 saturated carbocycles. The number of anilines is 1. The normalized spacial score (nSPS) is 14.0. The van der Waals surface area contributed by atoms with E-state index in [0.29, 0.717) is 48.7 Å². The zero-order valence-corrected chi connectivity index (χ0v) is 19.2. The maximum Gasteiger partial charge on any atom is 0.349 e. The number of hydrogen-bond acceptors (Lipinski definition) is 8. The summed E-state index contributed by atoms with van der Waals surface area (Å²) in [6.45, 7) is 5.97. The van der Waals surface area contributed by atoms with Crippen LogP contribution in [0.4, 0.5) is 5.82 Å². The average molecular weight is 460 g/mol. The van der Waals surface area contributed by atoms with Crippen molar-refractivity contribution in [2.45, 2.75) is 13.8 Å². The van der Waals surface area contributed by atoms with Gasteiger partial charge in [0.15, 0.2) is 17.2 Å².